The molecule has 0 spiro atoms. The molecule has 0 aliphatic carbocycles. The van der Waals surface area contributed by atoms with Crippen LogP contribution in [-0.2, 0) is 23.9 Å². The normalized spacial score (nSPS) is 14.3. The maximum atomic E-state index is 14.0. The number of halogens is 3. The summed E-state index contributed by atoms with van der Waals surface area (Å²) in [5, 5.41) is 21.8. The number of benzene rings is 2. The van der Waals surface area contributed by atoms with Gasteiger partial charge in [0.15, 0.2) is 0 Å². The molecule has 0 saturated carbocycles. The van der Waals surface area contributed by atoms with Gasteiger partial charge in [0.25, 0.3) is 5.56 Å². The van der Waals surface area contributed by atoms with Crippen LogP contribution >= 0.6 is 0 Å². The lowest BCUT2D eigenvalue weighted by Gasteiger charge is -2.18. The fourth-order valence-electron chi connectivity index (χ4n) is 4.93. The number of aliphatic carboxylic acids is 1. The van der Waals surface area contributed by atoms with E-state index in [1.807, 2.05) is 26.0 Å². The van der Waals surface area contributed by atoms with E-state index in [2.05, 4.69) is 10.3 Å². The number of rotatable bonds is 5. The van der Waals surface area contributed by atoms with E-state index in [0.717, 1.165) is 27.3 Å². The highest BCUT2D eigenvalue weighted by Crippen LogP contribution is 2.35. The van der Waals surface area contributed by atoms with Crippen molar-refractivity contribution in [3.8, 4) is 28.7 Å². The van der Waals surface area contributed by atoms with Crippen LogP contribution < -0.4 is 10.9 Å². The first kappa shape index (κ1) is 26.7. The van der Waals surface area contributed by atoms with Gasteiger partial charge in [0.2, 0.25) is 0 Å². The van der Waals surface area contributed by atoms with Gasteiger partial charge >= 0.3 is 12.1 Å². The number of hydrogen-bond acceptors (Lipinski definition) is 5. The average molecular weight is 545 g/mol. The van der Waals surface area contributed by atoms with Crippen LogP contribution in [0.1, 0.15) is 33.4 Å². The average Bonchev–Trinajstić information content (AvgIpc) is 3.34. The second kappa shape index (κ2) is 10.0. The SMILES string of the molecule is Cc1ccc(Cn2c(-c3cccc(-c4ccc5c(c4)NC(C(=O)O)C5)n3)cc(C(F)(F)F)c(C#N)c2=O)c(C)c1. The van der Waals surface area contributed by atoms with Gasteiger partial charge in [-0.25, -0.2) is 9.78 Å². The van der Waals surface area contributed by atoms with Gasteiger partial charge in [0.1, 0.15) is 17.7 Å². The molecule has 2 N–H and O–H groups in total. The fraction of sp³-hybridized carbons (Fsp3) is 0.200. The van der Waals surface area contributed by atoms with Gasteiger partial charge in [0, 0.05) is 17.7 Å². The van der Waals surface area contributed by atoms with E-state index in [1.54, 1.807) is 36.4 Å². The topological polar surface area (TPSA) is 108 Å². The molecule has 1 aliphatic heterocycles. The molecule has 202 valence electrons. The second-order valence-electron chi connectivity index (χ2n) is 9.77. The van der Waals surface area contributed by atoms with E-state index in [9.17, 15) is 33.1 Å². The summed E-state index contributed by atoms with van der Waals surface area (Å²) in [6.07, 6.45) is -4.60. The highest BCUT2D eigenvalue weighted by Gasteiger charge is 2.37. The number of fused-ring (bicyclic) bond motifs is 1. The van der Waals surface area contributed by atoms with Gasteiger partial charge in [-0.15, -0.1) is 0 Å². The first-order valence-electron chi connectivity index (χ1n) is 12.4. The van der Waals surface area contributed by atoms with E-state index >= 15 is 0 Å². The molecule has 3 heterocycles. The van der Waals surface area contributed by atoms with Crippen molar-refractivity contribution < 1.29 is 23.1 Å². The molecule has 0 amide bonds. The molecule has 0 radical (unpaired) electrons. The number of aryl methyl sites for hydroxylation is 2. The van der Waals surface area contributed by atoms with E-state index in [1.165, 1.54) is 12.1 Å². The van der Waals surface area contributed by atoms with Gasteiger partial charge in [-0.3, -0.25) is 4.79 Å². The van der Waals surface area contributed by atoms with Crippen molar-refractivity contribution in [2.45, 2.75) is 39.0 Å². The fourth-order valence-corrected chi connectivity index (χ4v) is 4.93. The molecule has 1 aliphatic rings. The van der Waals surface area contributed by atoms with Crippen LogP contribution in [0.25, 0.3) is 22.6 Å². The number of aromatic nitrogens is 2. The molecule has 5 rings (SSSR count). The predicted molar refractivity (Wildman–Crippen MR) is 143 cm³/mol. The van der Waals surface area contributed by atoms with E-state index in [-0.39, 0.29) is 17.9 Å². The van der Waals surface area contributed by atoms with Crippen LogP contribution in [0.5, 0.6) is 0 Å². The molecule has 0 saturated heterocycles. The Morgan fingerprint density at radius 2 is 1.88 bits per heavy atom. The zero-order valence-electron chi connectivity index (χ0n) is 21.5. The van der Waals surface area contributed by atoms with Crippen LogP contribution in [0, 0.1) is 25.2 Å². The molecule has 0 fully saturated rings. The molecule has 2 aromatic carbocycles. The Labute approximate surface area is 227 Å². The predicted octanol–water partition coefficient (Wildman–Crippen LogP) is 5.55. The Hall–Kier alpha value is -4.91. The lowest BCUT2D eigenvalue weighted by atomic mass is 10.0. The third kappa shape index (κ3) is 4.94. The van der Waals surface area contributed by atoms with Crippen LogP contribution in [0.15, 0.2) is 65.5 Å². The van der Waals surface area contributed by atoms with Crippen molar-refractivity contribution in [3.63, 3.8) is 0 Å². The monoisotopic (exact) mass is 544 g/mol. The van der Waals surface area contributed by atoms with Crippen LogP contribution in [0.4, 0.5) is 18.9 Å². The summed E-state index contributed by atoms with van der Waals surface area (Å²) in [5.74, 6) is -0.971. The smallest absolute Gasteiger partial charge is 0.417 e. The van der Waals surface area contributed by atoms with Crippen LogP contribution in [0.2, 0.25) is 0 Å². The number of hydrogen-bond donors (Lipinski definition) is 2. The summed E-state index contributed by atoms with van der Waals surface area (Å²) in [6, 6.07) is 17.2. The maximum Gasteiger partial charge on any atom is 0.417 e. The van der Waals surface area contributed by atoms with Crippen molar-refractivity contribution in [1.29, 1.82) is 5.26 Å². The third-order valence-corrected chi connectivity index (χ3v) is 7.01. The molecular weight excluding hydrogens is 521 g/mol. The Kier molecular flexibility index (Phi) is 6.67. The first-order valence-corrected chi connectivity index (χ1v) is 12.4. The van der Waals surface area contributed by atoms with E-state index in [4.69, 9.17) is 0 Å². The zero-order chi connectivity index (χ0) is 28.8. The number of anilines is 1. The molecule has 4 aromatic rings. The van der Waals surface area contributed by atoms with E-state index < -0.39 is 34.9 Å². The quantitative estimate of drug-likeness (QED) is 0.341. The number of nitriles is 1. The lowest BCUT2D eigenvalue weighted by molar-refractivity contribution is -0.138. The highest BCUT2D eigenvalue weighted by molar-refractivity contribution is 5.82. The molecule has 10 heteroatoms. The summed E-state index contributed by atoms with van der Waals surface area (Å²) in [7, 11) is 0. The van der Waals surface area contributed by atoms with Crippen molar-refractivity contribution in [1.82, 2.24) is 9.55 Å². The third-order valence-electron chi connectivity index (χ3n) is 7.01. The summed E-state index contributed by atoms with van der Waals surface area (Å²) in [5.41, 5.74) is 1.75. The Bertz CT molecular complexity index is 1770. The van der Waals surface area contributed by atoms with Gasteiger partial charge in [-0.1, -0.05) is 42.0 Å². The first-order chi connectivity index (χ1) is 19.0. The number of carboxylic acids is 1. The van der Waals surface area contributed by atoms with Crippen LogP contribution in [-0.4, -0.2) is 26.7 Å². The number of nitrogens with zero attached hydrogens (tertiary/aromatic N) is 3. The molecule has 1 atom stereocenters. The number of carbonyl (C=O) groups is 1. The minimum Gasteiger partial charge on any atom is -0.480 e. The zero-order valence-corrected chi connectivity index (χ0v) is 21.5. The van der Waals surface area contributed by atoms with Crippen LogP contribution in [0.3, 0.4) is 0 Å². The lowest BCUT2D eigenvalue weighted by Crippen LogP contribution is -2.29. The van der Waals surface area contributed by atoms with Crippen molar-refractivity contribution in [2.75, 3.05) is 5.32 Å². The summed E-state index contributed by atoms with van der Waals surface area (Å²) >= 11 is 0. The van der Waals surface area contributed by atoms with Gasteiger partial charge < -0.3 is 15.0 Å². The highest BCUT2D eigenvalue weighted by atomic mass is 19.4. The molecular formula is C30H23F3N4O3. The second-order valence-corrected chi connectivity index (χ2v) is 9.77. The number of carboxylic acid groups (broad SMARTS) is 1. The van der Waals surface area contributed by atoms with Gasteiger partial charge in [-0.05, 0) is 54.8 Å². The summed E-state index contributed by atoms with van der Waals surface area (Å²) < 4.78 is 43.1. The number of alkyl halides is 3. The van der Waals surface area contributed by atoms with E-state index in [0.29, 0.717) is 28.9 Å². The summed E-state index contributed by atoms with van der Waals surface area (Å²) in [4.78, 5) is 29.4. The molecule has 2 aromatic heterocycles. The number of pyridine rings is 2. The molecule has 1 unspecified atom stereocenters. The molecule has 7 nitrogen and oxygen atoms in total. The maximum absolute atomic E-state index is 14.0. The number of nitrogens with one attached hydrogen (secondary N) is 1. The Balaban J connectivity index is 1.66. The minimum atomic E-state index is -4.93. The largest absolute Gasteiger partial charge is 0.480 e. The Morgan fingerprint density at radius 3 is 2.55 bits per heavy atom. The Morgan fingerprint density at radius 1 is 1.12 bits per heavy atom. The molecule has 0 bridgehead atoms. The standard InChI is InChI=1S/C30H23F3N4O3/c1-16-6-7-20(17(2)10-16)15-37-27(13-22(30(31,32)33)21(14-34)28(37)38)24-5-3-4-23(35-24)18-8-9-19-12-26(29(39)40)36-25(19)11-18/h3-11,13,26,36H,12,15H2,1-2H3,(H,39,40). The van der Waals surface area contributed by atoms with Gasteiger partial charge in [-0.2, -0.15) is 18.4 Å². The molecule has 40 heavy (non-hydrogen) atoms. The van der Waals surface area contributed by atoms with Crippen molar-refractivity contribution >= 4 is 11.7 Å². The van der Waals surface area contributed by atoms with Gasteiger partial charge in [0.05, 0.1) is 29.2 Å². The summed E-state index contributed by atoms with van der Waals surface area (Å²) in [6.45, 7) is 3.70. The van der Waals surface area contributed by atoms with Crippen molar-refractivity contribution in [2.24, 2.45) is 0 Å². The van der Waals surface area contributed by atoms with Crippen molar-refractivity contribution in [3.05, 3.63) is 104 Å². The minimum absolute atomic E-state index is 0.0572.